The van der Waals surface area contributed by atoms with Gasteiger partial charge in [-0.1, -0.05) is 6.07 Å². The minimum atomic E-state index is -2.57. The van der Waals surface area contributed by atoms with Crippen molar-refractivity contribution in [2.24, 2.45) is 0 Å². The predicted octanol–water partition coefficient (Wildman–Crippen LogP) is 1.93. The molecule has 0 radical (unpaired) electrons. The van der Waals surface area contributed by atoms with E-state index >= 15 is 0 Å². The van der Waals surface area contributed by atoms with Crippen LogP contribution in [0.25, 0.3) is 0 Å². The van der Waals surface area contributed by atoms with Gasteiger partial charge in [-0.15, -0.1) is 23.1 Å². The highest BCUT2D eigenvalue weighted by Crippen LogP contribution is 2.23. The quantitative estimate of drug-likeness (QED) is 0.776. The van der Waals surface area contributed by atoms with Gasteiger partial charge in [0.2, 0.25) is 5.91 Å². The lowest BCUT2D eigenvalue weighted by molar-refractivity contribution is -0.130. The van der Waals surface area contributed by atoms with E-state index < -0.39 is 13.0 Å². The molecule has 0 fully saturated rings. The summed E-state index contributed by atoms with van der Waals surface area (Å²) >= 11 is 2.82. The van der Waals surface area contributed by atoms with Crippen molar-refractivity contribution < 1.29 is 18.7 Å². The van der Waals surface area contributed by atoms with E-state index in [0.29, 0.717) is 0 Å². The van der Waals surface area contributed by atoms with Gasteiger partial charge in [-0.2, -0.15) is 0 Å². The van der Waals surface area contributed by atoms with Gasteiger partial charge in [-0.05, 0) is 11.4 Å². The number of hydrogen-bond donors (Lipinski definition) is 1. The van der Waals surface area contributed by atoms with Crippen LogP contribution in [0.2, 0.25) is 0 Å². The number of aliphatic hydroxyl groups excluding tert-OH is 1. The number of rotatable bonds is 7. The lowest BCUT2D eigenvalue weighted by Crippen LogP contribution is -2.38. The van der Waals surface area contributed by atoms with Gasteiger partial charge in [0.15, 0.2) is 0 Å². The predicted molar refractivity (Wildman–Crippen MR) is 64.7 cm³/mol. The second-order valence-electron chi connectivity index (χ2n) is 3.18. The molecule has 1 aromatic rings. The smallest absolute Gasteiger partial charge is 0.255 e. The van der Waals surface area contributed by atoms with E-state index in [2.05, 4.69) is 0 Å². The molecule has 0 unspecified atom stereocenters. The molecule has 1 heterocycles. The maximum absolute atomic E-state index is 12.2. The van der Waals surface area contributed by atoms with Crippen LogP contribution >= 0.6 is 23.1 Å². The van der Waals surface area contributed by atoms with Gasteiger partial charge in [0.25, 0.3) is 6.43 Å². The first-order chi connectivity index (χ1) is 8.13. The zero-order valence-electron chi connectivity index (χ0n) is 9.01. The average molecular weight is 281 g/mol. The van der Waals surface area contributed by atoms with Crippen LogP contribution in [0.3, 0.4) is 0 Å². The van der Waals surface area contributed by atoms with E-state index in [0.717, 1.165) is 9.11 Å². The van der Waals surface area contributed by atoms with Gasteiger partial charge < -0.3 is 10.0 Å². The second-order valence-corrected chi connectivity index (χ2v) is 5.40. The van der Waals surface area contributed by atoms with Crippen LogP contribution in [0.5, 0.6) is 0 Å². The Bertz CT molecular complexity index is 333. The highest BCUT2D eigenvalue weighted by Gasteiger charge is 2.17. The Labute approximate surface area is 106 Å². The molecule has 0 aliphatic rings. The number of alkyl halides is 2. The maximum atomic E-state index is 12.2. The molecule has 7 heteroatoms. The maximum Gasteiger partial charge on any atom is 0.255 e. The highest BCUT2D eigenvalue weighted by molar-refractivity contribution is 8.01. The van der Waals surface area contributed by atoms with Crippen LogP contribution in [-0.4, -0.2) is 47.8 Å². The van der Waals surface area contributed by atoms with Gasteiger partial charge >= 0.3 is 0 Å². The molecule has 96 valence electrons. The van der Waals surface area contributed by atoms with Gasteiger partial charge in [0.1, 0.15) is 0 Å². The summed E-state index contributed by atoms with van der Waals surface area (Å²) in [4.78, 5) is 12.6. The van der Waals surface area contributed by atoms with Crippen molar-refractivity contribution in [1.82, 2.24) is 4.90 Å². The van der Waals surface area contributed by atoms with E-state index in [4.69, 9.17) is 5.11 Å². The summed E-state index contributed by atoms with van der Waals surface area (Å²) in [5, 5.41) is 10.6. The Morgan fingerprint density at radius 1 is 1.59 bits per heavy atom. The number of nitrogens with zero attached hydrogens (tertiary/aromatic N) is 1. The SMILES string of the molecule is O=C(CSc1cccs1)N(CCO)CC(F)F. The molecule has 17 heavy (non-hydrogen) atoms. The van der Waals surface area contributed by atoms with E-state index in [1.807, 2.05) is 17.5 Å². The lowest BCUT2D eigenvalue weighted by atomic mass is 10.4. The molecule has 1 N–H and O–H groups in total. The Kier molecular flexibility index (Phi) is 6.46. The molecule has 0 atom stereocenters. The highest BCUT2D eigenvalue weighted by atomic mass is 32.2. The average Bonchev–Trinajstić information content (AvgIpc) is 2.77. The minimum absolute atomic E-state index is 0.0474. The molecule has 0 spiro atoms. The molecule has 0 aromatic carbocycles. The standard InChI is InChI=1S/C10H13F2NO2S2/c11-8(12)6-13(3-4-14)9(15)7-17-10-2-1-5-16-10/h1-2,5,8,14H,3-4,6-7H2. The second kappa shape index (κ2) is 7.62. The summed E-state index contributed by atoms with van der Waals surface area (Å²) in [6.45, 7) is -0.972. The molecule has 0 saturated heterocycles. The summed E-state index contributed by atoms with van der Waals surface area (Å²) in [5.41, 5.74) is 0. The number of carbonyl (C=O) groups excluding carboxylic acids is 1. The number of amides is 1. The monoisotopic (exact) mass is 281 g/mol. The van der Waals surface area contributed by atoms with Crippen molar-refractivity contribution in [3.05, 3.63) is 17.5 Å². The molecular weight excluding hydrogens is 268 g/mol. The van der Waals surface area contributed by atoms with E-state index in [-0.39, 0.29) is 24.8 Å². The molecule has 3 nitrogen and oxygen atoms in total. The zero-order valence-corrected chi connectivity index (χ0v) is 10.6. The fourth-order valence-corrected chi connectivity index (χ4v) is 2.86. The summed E-state index contributed by atoms with van der Waals surface area (Å²) < 4.78 is 25.4. The topological polar surface area (TPSA) is 40.5 Å². The third-order valence-electron chi connectivity index (χ3n) is 1.91. The van der Waals surface area contributed by atoms with Gasteiger partial charge in [-0.3, -0.25) is 4.79 Å². The summed E-state index contributed by atoms with van der Waals surface area (Å²) in [5.74, 6) is -0.259. The van der Waals surface area contributed by atoms with Crippen molar-refractivity contribution in [1.29, 1.82) is 0 Å². The van der Waals surface area contributed by atoms with Crippen molar-refractivity contribution in [3.8, 4) is 0 Å². The van der Waals surface area contributed by atoms with E-state index in [1.165, 1.54) is 23.1 Å². The van der Waals surface area contributed by atoms with Crippen LogP contribution in [-0.2, 0) is 4.79 Å². The first kappa shape index (κ1) is 14.4. The first-order valence-electron chi connectivity index (χ1n) is 4.96. The van der Waals surface area contributed by atoms with Crippen molar-refractivity contribution >= 4 is 29.0 Å². The van der Waals surface area contributed by atoms with Crippen molar-refractivity contribution in [3.63, 3.8) is 0 Å². The largest absolute Gasteiger partial charge is 0.395 e. The van der Waals surface area contributed by atoms with Crippen LogP contribution in [0.15, 0.2) is 21.7 Å². The van der Waals surface area contributed by atoms with Gasteiger partial charge in [-0.25, -0.2) is 8.78 Å². The molecule has 0 saturated carbocycles. The van der Waals surface area contributed by atoms with Crippen LogP contribution in [0.4, 0.5) is 8.78 Å². The lowest BCUT2D eigenvalue weighted by Gasteiger charge is -2.20. The number of hydrogen-bond acceptors (Lipinski definition) is 4. The van der Waals surface area contributed by atoms with Crippen molar-refractivity contribution in [2.75, 3.05) is 25.4 Å². The normalized spacial score (nSPS) is 10.8. The number of carbonyl (C=O) groups is 1. The fourth-order valence-electron chi connectivity index (χ4n) is 1.17. The molecule has 0 aliphatic carbocycles. The molecule has 1 amide bonds. The molecular formula is C10H13F2NO2S2. The first-order valence-corrected chi connectivity index (χ1v) is 6.83. The van der Waals surface area contributed by atoms with Crippen LogP contribution in [0.1, 0.15) is 0 Å². The Morgan fingerprint density at radius 3 is 2.88 bits per heavy atom. The molecule has 0 bridgehead atoms. The Morgan fingerprint density at radius 2 is 2.35 bits per heavy atom. The third kappa shape index (κ3) is 5.47. The Hall–Kier alpha value is -0.660. The van der Waals surface area contributed by atoms with Crippen molar-refractivity contribution in [2.45, 2.75) is 10.6 Å². The molecule has 0 aliphatic heterocycles. The van der Waals surface area contributed by atoms with Crippen LogP contribution in [0, 0.1) is 0 Å². The van der Waals surface area contributed by atoms with Gasteiger partial charge in [0.05, 0.1) is 23.1 Å². The third-order valence-corrected chi connectivity index (χ3v) is 4.03. The summed E-state index contributed by atoms with van der Waals surface area (Å²) in [6.07, 6.45) is -2.57. The van der Waals surface area contributed by atoms with Gasteiger partial charge in [0, 0.05) is 6.54 Å². The number of aliphatic hydroxyl groups is 1. The number of thiophene rings is 1. The Balaban J connectivity index is 2.41. The zero-order chi connectivity index (χ0) is 12.7. The van der Waals surface area contributed by atoms with E-state index in [1.54, 1.807) is 0 Å². The number of halogens is 2. The molecule has 1 rings (SSSR count). The number of thioether (sulfide) groups is 1. The molecule has 1 aromatic heterocycles. The minimum Gasteiger partial charge on any atom is -0.395 e. The fraction of sp³-hybridized carbons (Fsp3) is 0.500. The van der Waals surface area contributed by atoms with E-state index in [9.17, 15) is 13.6 Å². The summed E-state index contributed by atoms with van der Waals surface area (Å²) in [6, 6.07) is 3.73. The summed E-state index contributed by atoms with van der Waals surface area (Å²) in [7, 11) is 0. The van der Waals surface area contributed by atoms with Crippen LogP contribution < -0.4 is 0 Å².